The first-order chi connectivity index (χ1) is 18.3. The minimum absolute atomic E-state index is 0.0468. The van der Waals surface area contributed by atoms with Crippen LogP contribution in [0.15, 0.2) is 103 Å². The van der Waals surface area contributed by atoms with Crippen molar-refractivity contribution in [3.8, 4) is 5.75 Å². The molecule has 0 heterocycles. The molecule has 4 aromatic carbocycles. The van der Waals surface area contributed by atoms with Crippen LogP contribution in [-0.4, -0.2) is 40.7 Å². The Morgan fingerprint density at radius 1 is 0.579 bits per heavy atom. The molecule has 2 N–H and O–H groups in total. The van der Waals surface area contributed by atoms with E-state index in [1.54, 1.807) is 24.3 Å². The Hall–Kier alpha value is -5.24. The zero-order valence-corrected chi connectivity index (χ0v) is 19.9. The van der Waals surface area contributed by atoms with Crippen LogP contribution in [0, 0.1) is 0 Å². The third kappa shape index (κ3) is 6.11. The summed E-state index contributed by atoms with van der Waals surface area (Å²) in [6.45, 7) is -0.0780. The topological polar surface area (TPSA) is 127 Å². The normalized spacial score (nSPS) is 11.3. The Morgan fingerprint density at radius 3 is 1.61 bits per heavy atom. The molecule has 0 aromatic heterocycles. The second kappa shape index (κ2) is 11.7. The van der Waals surface area contributed by atoms with Crippen LogP contribution in [0.25, 0.3) is 0 Å². The summed E-state index contributed by atoms with van der Waals surface area (Å²) < 4.78 is 11.3. The molecule has 1 atom stereocenters. The highest BCUT2D eigenvalue weighted by Crippen LogP contribution is 2.33. The van der Waals surface area contributed by atoms with Gasteiger partial charge < -0.3 is 19.7 Å². The summed E-state index contributed by atoms with van der Waals surface area (Å²) in [6, 6.07) is 26.9. The zero-order valence-electron chi connectivity index (χ0n) is 19.9. The Morgan fingerprint density at radius 2 is 1.05 bits per heavy atom. The maximum absolute atomic E-state index is 12.8. The van der Waals surface area contributed by atoms with Gasteiger partial charge in [-0.1, -0.05) is 48.5 Å². The standard InChI is InChI=1S/C30H22O8/c31-27(32)20-10-14-22(15-11-20)29(35)37-18-25(19-6-2-1-3-7-19)24-8-4-5-9-26(24)38-30(36)23-16-12-21(13-17-23)28(33)34/h1-17,25H,18H2,(H,31,32)(H,33,34). The molecule has 0 amide bonds. The van der Waals surface area contributed by atoms with Gasteiger partial charge in [0.25, 0.3) is 0 Å². The summed E-state index contributed by atoms with van der Waals surface area (Å²) in [5.41, 5.74) is 1.89. The molecule has 0 fully saturated rings. The minimum Gasteiger partial charge on any atom is -0.478 e. The molecular formula is C30H22O8. The maximum Gasteiger partial charge on any atom is 0.343 e. The van der Waals surface area contributed by atoms with Gasteiger partial charge in [0.2, 0.25) is 0 Å². The van der Waals surface area contributed by atoms with Crippen LogP contribution in [0.2, 0.25) is 0 Å². The molecule has 38 heavy (non-hydrogen) atoms. The van der Waals surface area contributed by atoms with Crippen molar-refractivity contribution in [3.05, 3.63) is 137 Å². The van der Waals surface area contributed by atoms with Gasteiger partial charge in [-0.3, -0.25) is 0 Å². The molecule has 4 aromatic rings. The van der Waals surface area contributed by atoms with Crippen molar-refractivity contribution in [1.29, 1.82) is 0 Å². The van der Waals surface area contributed by atoms with Gasteiger partial charge in [-0.2, -0.15) is 0 Å². The minimum atomic E-state index is -1.10. The summed E-state index contributed by atoms with van der Waals surface area (Å²) >= 11 is 0. The van der Waals surface area contributed by atoms with Crippen molar-refractivity contribution in [2.45, 2.75) is 5.92 Å². The van der Waals surface area contributed by atoms with Crippen molar-refractivity contribution in [1.82, 2.24) is 0 Å². The van der Waals surface area contributed by atoms with E-state index in [0.29, 0.717) is 5.56 Å². The Balaban J connectivity index is 1.58. The molecule has 190 valence electrons. The SMILES string of the molecule is O=C(O)c1ccc(C(=O)OCC(c2ccccc2)c2ccccc2OC(=O)c2ccc(C(=O)O)cc2)cc1. The highest BCUT2D eigenvalue weighted by atomic mass is 16.5. The average Bonchev–Trinajstić information content (AvgIpc) is 2.94. The molecule has 4 rings (SSSR count). The van der Waals surface area contributed by atoms with Crippen molar-refractivity contribution >= 4 is 23.9 Å². The molecule has 0 radical (unpaired) electrons. The van der Waals surface area contributed by atoms with Gasteiger partial charge in [0.1, 0.15) is 12.4 Å². The predicted molar refractivity (Wildman–Crippen MR) is 137 cm³/mol. The van der Waals surface area contributed by atoms with E-state index in [4.69, 9.17) is 19.7 Å². The Labute approximate surface area is 217 Å². The quantitative estimate of drug-likeness (QED) is 0.230. The predicted octanol–water partition coefficient (Wildman–Crippen LogP) is 5.29. The maximum atomic E-state index is 12.8. The van der Waals surface area contributed by atoms with E-state index in [9.17, 15) is 19.2 Å². The molecule has 0 spiro atoms. The van der Waals surface area contributed by atoms with Crippen molar-refractivity contribution < 1.29 is 38.9 Å². The highest BCUT2D eigenvalue weighted by Gasteiger charge is 2.23. The number of carboxylic acid groups (broad SMARTS) is 2. The fraction of sp³-hybridized carbons (Fsp3) is 0.0667. The number of hydrogen-bond acceptors (Lipinski definition) is 6. The van der Waals surface area contributed by atoms with Gasteiger partial charge in [-0.15, -0.1) is 0 Å². The summed E-state index contributed by atoms with van der Waals surface area (Å²) in [7, 11) is 0. The number of carbonyl (C=O) groups excluding carboxylic acids is 2. The lowest BCUT2D eigenvalue weighted by Crippen LogP contribution is -2.17. The Bertz CT molecular complexity index is 1460. The number of carboxylic acids is 2. The third-order valence-electron chi connectivity index (χ3n) is 5.82. The number of hydrogen-bond donors (Lipinski definition) is 2. The molecule has 0 aliphatic carbocycles. The second-order valence-electron chi connectivity index (χ2n) is 8.25. The molecule has 0 saturated heterocycles. The third-order valence-corrected chi connectivity index (χ3v) is 5.82. The molecule has 0 saturated carbocycles. The smallest absolute Gasteiger partial charge is 0.343 e. The van der Waals surface area contributed by atoms with Gasteiger partial charge in [0.15, 0.2) is 0 Å². The average molecular weight is 510 g/mol. The van der Waals surface area contributed by atoms with Crippen molar-refractivity contribution in [2.75, 3.05) is 6.61 Å². The van der Waals surface area contributed by atoms with Crippen LogP contribution in [-0.2, 0) is 4.74 Å². The number of para-hydroxylation sites is 1. The number of ether oxygens (including phenoxy) is 2. The largest absolute Gasteiger partial charge is 0.478 e. The first-order valence-corrected chi connectivity index (χ1v) is 11.5. The van der Waals surface area contributed by atoms with Gasteiger partial charge >= 0.3 is 23.9 Å². The zero-order chi connectivity index (χ0) is 27.1. The number of esters is 2. The van der Waals surface area contributed by atoms with Crippen molar-refractivity contribution in [3.63, 3.8) is 0 Å². The first-order valence-electron chi connectivity index (χ1n) is 11.5. The molecule has 0 aliphatic rings. The van der Waals surface area contributed by atoms with E-state index in [1.807, 2.05) is 30.3 Å². The summed E-state index contributed by atoms with van der Waals surface area (Å²) in [5, 5.41) is 18.1. The van der Waals surface area contributed by atoms with E-state index in [-0.39, 0.29) is 34.6 Å². The molecule has 0 bridgehead atoms. The van der Waals surface area contributed by atoms with Crippen LogP contribution >= 0.6 is 0 Å². The highest BCUT2D eigenvalue weighted by molar-refractivity contribution is 5.94. The van der Waals surface area contributed by atoms with Crippen LogP contribution in [0.5, 0.6) is 5.75 Å². The van der Waals surface area contributed by atoms with Crippen LogP contribution < -0.4 is 4.74 Å². The van der Waals surface area contributed by atoms with E-state index < -0.39 is 29.8 Å². The van der Waals surface area contributed by atoms with E-state index in [0.717, 1.165) is 5.56 Å². The fourth-order valence-electron chi connectivity index (χ4n) is 3.81. The second-order valence-corrected chi connectivity index (χ2v) is 8.25. The van der Waals surface area contributed by atoms with Crippen LogP contribution in [0.4, 0.5) is 0 Å². The lowest BCUT2D eigenvalue weighted by atomic mass is 9.91. The molecule has 8 heteroatoms. The number of aromatic carboxylic acids is 2. The van der Waals surface area contributed by atoms with E-state index >= 15 is 0 Å². The van der Waals surface area contributed by atoms with Crippen LogP contribution in [0.3, 0.4) is 0 Å². The first kappa shape index (κ1) is 25.8. The monoisotopic (exact) mass is 510 g/mol. The number of benzene rings is 4. The Kier molecular flexibility index (Phi) is 7.93. The summed E-state index contributed by atoms with van der Waals surface area (Å²) in [6.07, 6.45) is 0. The summed E-state index contributed by atoms with van der Waals surface area (Å²) in [5.74, 6) is -3.73. The van der Waals surface area contributed by atoms with Crippen molar-refractivity contribution in [2.24, 2.45) is 0 Å². The molecular weight excluding hydrogens is 488 g/mol. The van der Waals surface area contributed by atoms with Gasteiger partial charge in [-0.25, -0.2) is 19.2 Å². The molecule has 0 aliphatic heterocycles. The van der Waals surface area contributed by atoms with Gasteiger partial charge in [0, 0.05) is 11.5 Å². The lowest BCUT2D eigenvalue weighted by Gasteiger charge is -2.21. The fourth-order valence-corrected chi connectivity index (χ4v) is 3.81. The number of carbonyl (C=O) groups is 4. The lowest BCUT2D eigenvalue weighted by molar-refractivity contribution is 0.0488. The van der Waals surface area contributed by atoms with E-state index in [1.165, 1.54) is 48.5 Å². The van der Waals surface area contributed by atoms with E-state index in [2.05, 4.69) is 0 Å². The molecule has 1 unspecified atom stereocenters. The molecule has 8 nitrogen and oxygen atoms in total. The summed E-state index contributed by atoms with van der Waals surface area (Å²) in [4.78, 5) is 47.7. The van der Waals surface area contributed by atoms with Gasteiger partial charge in [0.05, 0.1) is 22.3 Å². The van der Waals surface area contributed by atoms with Crippen LogP contribution in [0.1, 0.15) is 58.5 Å². The van der Waals surface area contributed by atoms with Gasteiger partial charge in [-0.05, 0) is 60.2 Å². The number of rotatable bonds is 9.